The maximum Gasteiger partial charge on any atom is 0.321 e. The van der Waals surface area contributed by atoms with Crippen LogP contribution < -0.4 is 10.6 Å². The van der Waals surface area contributed by atoms with E-state index < -0.39 is 5.54 Å². The molecular weight excluding hydrogens is 142 g/mol. The van der Waals surface area contributed by atoms with Crippen LogP contribution in [0.1, 0.15) is 19.8 Å². The van der Waals surface area contributed by atoms with Crippen LogP contribution in [0.3, 0.4) is 0 Å². The summed E-state index contributed by atoms with van der Waals surface area (Å²) in [4.78, 5) is 10.8. The van der Waals surface area contributed by atoms with Gasteiger partial charge in [0.1, 0.15) is 5.84 Å². The van der Waals surface area contributed by atoms with Gasteiger partial charge in [0.2, 0.25) is 0 Å². The quantitative estimate of drug-likeness (QED) is 0.503. The molecule has 2 fully saturated rings. The first-order valence-corrected chi connectivity index (χ1v) is 3.81. The Balaban J connectivity index is 2.23. The number of hydrogen-bond donors (Lipinski definition) is 3. The minimum atomic E-state index is -0.392. The molecule has 1 aliphatic heterocycles. The van der Waals surface area contributed by atoms with E-state index in [2.05, 4.69) is 10.6 Å². The van der Waals surface area contributed by atoms with Crippen LogP contribution in [0.2, 0.25) is 0 Å². The van der Waals surface area contributed by atoms with Crippen molar-refractivity contribution in [2.24, 2.45) is 5.92 Å². The van der Waals surface area contributed by atoms with E-state index in [0.29, 0.717) is 11.8 Å². The summed E-state index contributed by atoms with van der Waals surface area (Å²) < 4.78 is 0. The van der Waals surface area contributed by atoms with Crippen LogP contribution in [0.4, 0.5) is 4.79 Å². The Morgan fingerprint density at radius 3 is 2.64 bits per heavy atom. The first kappa shape index (κ1) is 6.64. The third kappa shape index (κ3) is 0.818. The van der Waals surface area contributed by atoms with Gasteiger partial charge in [0.15, 0.2) is 0 Å². The van der Waals surface area contributed by atoms with Crippen molar-refractivity contribution in [2.45, 2.75) is 25.3 Å². The SMILES string of the molecule is CC1(C2CC2)NC(=O)NC1=N. The van der Waals surface area contributed by atoms with Gasteiger partial charge in [-0.25, -0.2) is 4.79 Å². The minimum absolute atomic E-state index is 0.232. The van der Waals surface area contributed by atoms with Crippen LogP contribution in [-0.2, 0) is 0 Å². The van der Waals surface area contributed by atoms with Crippen molar-refractivity contribution < 1.29 is 4.79 Å². The van der Waals surface area contributed by atoms with E-state index >= 15 is 0 Å². The largest absolute Gasteiger partial charge is 0.325 e. The van der Waals surface area contributed by atoms with Gasteiger partial charge < -0.3 is 5.32 Å². The zero-order valence-corrected chi connectivity index (χ0v) is 6.40. The number of hydrogen-bond acceptors (Lipinski definition) is 2. The molecule has 1 saturated heterocycles. The van der Waals surface area contributed by atoms with Crippen molar-refractivity contribution in [2.75, 3.05) is 0 Å². The van der Waals surface area contributed by atoms with E-state index in [9.17, 15) is 4.79 Å². The predicted octanol–water partition coefficient (Wildman–Crippen LogP) is 0.445. The molecule has 0 bridgehead atoms. The molecule has 0 radical (unpaired) electrons. The third-order valence-electron chi connectivity index (χ3n) is 2.52. The number of urea groups is 1. The Morgan fingerprint density at radius 2 is 2.27 bits per heavy atom. The summed E-state index contributed by atoms with van der Waals surface area (Å²) in [5.74, 6) is 0.805. The van der Waals surface area contributed by atoms with Crippen molar-refractivity contribution in [1.29, 1.82) is 5.41 Å². The second kappa shape index (κ2) is 1.75. The number of amides is 2. The van der Waals surface area contributed by atoms with Gasteiger partial charge in [-0.3, -0.25) is 10.7 Å². The first-order valence-electron chi connectivity index (χ1n) is 3.81. The number of rotatable bonds is 1. The maximum absolute atomic E-state index is 10.8. The lowest BCUT2D eigenvalue weighted by molar-refractivity contribution is 0.244. The van der Waals surface area contributed by atoms with Gasteiger partial charge in [0.25, 0.3) is 0 Å². The molecule has 11 heavy (non-hydrogen) atoms. The molecule has 4 heteroatoms. The molecule has 1 unspecified atom stereocenters. The van der Waals surface area contributed by atoms with E-state index in [0.717, 1.165) is 12.8 Å². The minimum Gasteiger partial charge on any atom is -0.325 e. The summed E-state index contributed by atoms with van der Waals surface area (Å²) in [6.07, 6.45) is 2.25. The maximum atomic E-state index is 10.8. The van der Waals surface area contributed by atoms with Gasteiger partial charge in [0, 0.05) is 0 Å². The highest BCUT2D eigenvalue weighted by atomic mass is 16.2. The van der Waals surface area contributed by atoms with Gasteiger partial charge >= 0.3 is 6.03 Å². The summed E-state index contributed by atoms with van der Waals surface area (Å²) in [6, 6.07) is -0.232. The van der Waals surface area contributed by atoms with Crippen molar-refractivity contribution in [1.82, 2.24) is 10.6 Å². The average Bonchev–Trinajstić information content (AvgIpc) is 2.63. The zero-order chi connectivity index (χ0) is 8.06. The van der Waals surface area contributed by atoms with Crippen molar-refractivity contribution >= 4 is 11.9 Å². The summed E-state index contributed by atoms with van der Waals surface area (Å²) in [7, 11) is 0. The van der Waals surface area contributed by atoms with Gasteiger partial charge in [-0.05, 0) is 25.7 Å². The van der Waals surface area contributed by atoms with Gasteiger partial charge in [0.05, 0.1) is 5.54 Å². The number of carbonyl (C=O) groups is 1. The van der Waals surface area contributed by atoms with Crippen LogP contribution in [-0.4, -0.2) is 17.4 Å². The van der Waals surface area contributed by atoms with Crippen LogP contribution in [0.15, 0.2) is 0 Å². The molecule has 0 spiro atoms. The second-order valence-corrected chi connectivity index (χ2v) is 3.43. The molecule has 2 rings (SSSR count). The highest BCUT2D eigenvalue weighted by Gasteiger charge is 2.49. The van der Waals surface area contributed by atoms with Gasteiger partial charge in [-0.15, -0.1) is 0 Å². The second-order valence-electron chi connectivity index (χ2n) is 3.43. The van der Waals surface area contributed by atoms with Crippen molar-refractivity contribution in [3.63, 3.8) is 0 Å². The lowest BCUT2D eigenvalue weighted by Crippen LogP contribution is -2.45. The predicted molar refractivity (Wildman–Crippen MR) is 40.5 cm³/mol. The smallest absolute Gasteiger partial charge is 0.321 e. The highest BCUT2D eigenvalue weighted by molar-refractivity contribution is 6.08. The summed E-state index contributed by atoms with van der Waals surface area (Å²) in [5.41, 5.74) is -0.392. The van der Waals surface area contributed by atoms with Crippen LogP contribution in [0.5, 0.6) is 0 Å². The Labute approximate surface area is 64.9 Å². The topological polar surface area (TPSA) is 65.0 Å². The fourth-order valence-corrected chi connectivity index (χ4v) is 1.54. The highest BCUT2D eigenvalue weighted by Crippen LogP contribution is 2.40. The molecular formula is C7H11N3O. The molecule has 1 saturated carbocycles. The molecule has 1 heterocycles. The summed E-state index contributed by atoms with van der Waals surface area (Å²) >= 11 is 0. The Bertz CT molecular complexity index is 234. The van der Waals surface area contributed by atoms with Crippen molar-refractivity contribution in [3.05, 3.63) is 0 Å². The van der Waals surface area contributed by atoms with Crippen LogP contribution >= 0.6 is 0 Å². The van der Waals surface area contributed by atoms with Gasteiger partial charge in [-0.2, -0.15) is 0 Å². The van der Waals surface area contributed by atoms with Crippen molar-refractivity contribution in [3.8, 4) is 0 Å². The summed E-state index contributed by atoms with van der Waals surface area (Å²) in [5, 5.41) is 12.7. The van der Waals surface area contributed by atoms with Crippen LogP contribution in [0.25, 0.3) is 0 Å². The average molecular weight is 153 g/mol. The van der Waals surface area contributed by atoms with E-state index in [1.807, 2.05) is 6.92 Å². The Morgan fingerprint density at radius 1 is 1.64 bits per heavy atom. The van der Waals surface area contributed by atoms with E-state index in [-0.39, 0.29) is 6.03 Å². The molecule has 4 nitrogen and oxygen atoms in total. The Hall–Kier alpha value is -1.06. The molecule has 2 aliphatic rings. The fraction of sp³-hybridized carbons (Fsp3) is 0.714. The standard InChI is InChI=1S/C7H11N3O/c1-7(4-2-3-4)5(8)9-6(11)10-7/h4H,2-3H2,1H3,(H3,8,9,10,11). The fourth-order valence-electron chi connectivity index (χ4n) is 1.54. The third-order valence-corrected chi connectivity index (χ3v) is 2.52. The summed E-state index contributed by atoms with van der Waals surface area (Å²) in [6.45, 7) is 1.91. The van der Waals surface area contributed by atoms with E-state index in [1.54, 1.807) is 0 Å². The normalized spacial score (nSPS) is 36.8. The Kier molecular flexibility index (Phi) is 1.06. The van der Waals surface area contributed by atoms with E-state index in [4.69, 9.17) is 5.41 Å². The lowest BCUT2D eigenvalue weighted by Gasteiger charge is -2.21. The molecule has 60 valence electrons. The molecule has 2 amide bonds. The molecule has 0 aromatic rings. The first-order chi connectivity index (χ1) is 5.13. The van der Waals surface area contributed by atoms with Gasteiger partial charge in [-0.1, -0.05) is 0 Å². The monoisotopic (exact) mass is 153 g/mol. The lowest BCUT2D eigenvalue weighted by atomic mass is 9.96. The molecule has 0 aromatic heterocycles. The zero-order valence-electron chi connectivity index (χ0n) is 6.40. The number of carbonyl (C=O) groups excluding carboxylic acids is 1. The molecule has 0 aromatic carbocycles. The van der Waals surface area contributed by atoms with Crippen LogP contribution in [0, 0.1) is 11.3 Å². The molecule has 1 aliphatic carbocycles. The van der Waals surface area contributed by atoms with E-state index in [1.165, 1.54) is 0 Å². The molecule has 3 N–H and O–H groups in total. The number of amidine groups is 1. The number of nitrogens with one attached hydrogen (secondary N) is 3. The molecule has 1 atom stereocenters.